The number of hydrogen-bond donors (Lipinski definition) is 4. The fourth-order valence-corrected chi connectivity index (χ4v) is 7.94. The number of aliphatic imine (C=N–C) groups is 1. The van der Waals surface area contributed by atoms with Crippen LogP contribution in [0.1, 0.15) is 64.5 Å². The number of rotatable bonds is 15. The standard InChI is InChI=1S/C33H40ClN3O11S3/c1-32(2)26-19-23(34)21-36(15-5-17-49(40,41)42)31(26)35-28(32)12-7-22(9-14-30(38)39)8-13-29-33(3,4)25-20-24(51(46,47)48)10-11-27(25)37(29)16-6-18-50(43,44)45/h7-8,10-13,19-21H,5-6,9,14-18H2,1-4H3,(H3-,38,39,40,41,42,43,44,45,46,47,48)/p+1. The highest BCUT2D eigenvalue weighted by molar-refractivity contribution is 7.86. The van der Waals surface area contributed by atoms with Crippen LogP contribution in [0.3, 0.4) is 0 Å². The van der Waals surface area contributed by atoms with Crippen molar-refractivity contribution in [2.24, 2.45) is 4.99 Å². The smallest absolute Gasteiger partial charge is 0.327 e. The van der Waals surface area contributed by atoms with E-state index < -0.39 is 58.7 Å². The summed E-state index contributed by atoms with van der Waals surface area (Å²) in [6.07, 6.45) is 8.70. The van der Waals surface area contributed by atoms with Crippen LogP contribution < -0.4 is 9.47 Å². The van der Waals surface area contributed by atoms with E-state index in [2.05, 4.69) is 0 Å². The van der Waals surface area contributed by atoms with Gasteiger partial charge in [0.25, 0.3) is 30.4 Å². The van der Waals surface area contributed by atoms with Gasteiger partial charge in [0.2, 0.25) is 0 Å². The van der Waals surface area contributed by atoms with Crippen molar-refractivity contribution in [3.63, 3.8) is 0 Å². The minimum Gasteiger partial charge on any atom is -0.481 e. The summed E-state index contributed by atoms with van der Waals surface area (Å²) in [5.74, 6) is -1.40. The van der Waals surface area contributed by atoms with E-state index in [-0.39, 0.29) is 43.7 Å². The topological polar surface area (TPSA) is 220 Å². The number of fused-ring (bicyclic) bond motifs is 2. The van der Waals surface area contributed by atoms with E-state index in [4.69, 9.17) is 21.1 Å². The van der Waals surface area contributed by atoms with Crippen LogP contribution in [0.25, 0.3) is 0 Å². The number of aromatic nitrogens is 1. The van der Waals surface area contributed by atoms with Crippen LogP contribution in [-0.4, -0.2) is 73.7 Å². The lowest BCUT2D eigenvalue weighted by Crippen LogP contribution is -2.36. The monoisotopic (exact) mass is 786 g/mol. The van der Waals surface area contributed by atoms with Crippen molar-refractivity contribution in [1.82, 2.24) is 0 Å². The molecule has 2 aliphatic rings. The van der Waals surface area contributed by atoms with Gasteiger partial charge in [-0.1, -0.05) is 37.6 Å². The summed E-state index contributed by atoms with van der Waals surface area (Å²) >= 11 is 6.41. The highest BCUT2D eigenvalue weighted by Crippen LogP contribution is 2.48. The first-order valence-corrected chi connectivity index (χ1v) is 20.9. The van der Waals surface area contributed by atoms with E-state index in [0.29, 0.717) is 39.1 Å². The molecule has 0 unspecified atom stereocenters. The first-order chi connectivity index (χ1) is 23.4. The van der Waals surface area contributed by atoms with E-state index >= 15 is 0 Å². The summed E-state index contributed by atoms with van der Waals surface area (Å²) in [4.78, 5) is 17.9. The molecule has 0 atom stereocenters. The molecule has 0 saturated carbocycles. The number of benzene rings is 1. The summed E-state index contributed by atoms with van der Waals surface area (Å²) in [6, 6.07) is 5.89. The van der Waals surface area contributed by atoms with E-state index in [1.165, 1.54) is 18.2 Å². The van der Waals surface area contributed by atoms with Crippen molar-refractivity contribution < 1.29 is 53.4 Å². The van der Waals surface area contributed by atoms with Crippen LogP contribution in [0.5, 0.6) is 0 Å². The quantitative estimate of drug-likeness (QED) is 0.108. The number of aryl methyl sites for hydroxylation is 1. The molecular formula is C33H41ClN3O11S3+. The molecule has 2 aromatic rings. The lowest BCUT2D eigenvalue weighted by Gasteiger charge is -2.27. The van der Waals surface area contributed by atoms with E-state index in [1.807, 2.05) is 27.7 Å². The predicted molar refractivity (Wildman–Crippen MR) is 193 cm³/mol. The fraction of sp³-hybridized carbons (Fsp3) is 0.424. The highest BCUT2D eigenvalue weighted by atomic mass is 35.5. The van der Waals surface area contributed by atoms with Crippen LogP contribution in [0.2, 0.25) is 5.02 Å². The van der Waals surface area contributed by atoms with Crippen molar-refractivity contribution in [2.45, 2.75) is 75.6 Å². The molecule has 278 valence electrons. The molecule has 0 spiro atoms. The van der Waals surface area contributed by atoms with Crippen molar-refractivity contribution in [1.29, 1.82) is 0 Å². The van der Waals surface area contributed by atoms with Crippen molar-refractivity contribution in [3.05, 3.63) is 82.2 Å². The van der Waals surface area contributed by atoms with Crippen LogP contribution in [-0.2, 0) is 52.5 Å². The molecule has 2 aliphatic heterocycles. The summed E-state index contributed by atoms with van der Waals surface area (Å²) in [6.45, 7) is 7.90. The Labute approximate surface area is 303 Å². The molecule has 18 heteroatoms. The number of carboxylic acids is 1. The molecule has 0 aliphatic carbocycles. The maximum atomic E-state index is 12.0. The van der Waals surface area contributed by atoms with Gasteiger partial charge in [-0.15, -0.1) is 0 Å². The molecule has 0 fully saturated rings. The minimum atomic E-state index is -4.53. The Hall–Kier alpha value is -3.45. The van der Waals surface area contributed by atoms with Gasteiger partial charge in [0.1, 0.15) is 6.20 Å². The Bertz CT molecular complexity index is 2190. The van der Waals surface area contributed by atoms with E-state index in [0.717, 1.165) is 5.56 Å². The van der Waals surface area contributed by atoms with Gasteiger partial charge in [-0.3, -0.25) is 18.5 Å². The number of allylic oxidation sites excluding steroid dienone is 6. The summed E-state index contributed by atoms with van der Waals surface area (Å²) in [5.41, 5.74) is 2.26. The van der Waals surface area contributed by atoms with Crippen LogP contribution >= 0.6 is 11.6 Å². The molecule has 14 nitrogen and oxygen atoms in total. The number of hydrogen-bond acceptors (Lipinski definition) is 9. The molecule has 0 bridgehead atoms. The predicted octanol–water partition coefficient (Wildman–Crippen LogP) is 4.82. The van der Waals surface area contributed by atoms with Crippen molar-refractivity contribution in [2.75, 3.05) is 23.0 Å². The molecule has 0 saturated heterocycles. The SMILES string of the molecule is CC1(C)C(/C=C/C(=C/C=C2/N(CCCS(=O)(=O)O)c3ccc(S(=O)(=O)O)cc3C2(C)C)CCC(=O)O)=Nc2c1cc(Cl)c[n+]2CCCS(=O)(=O)O. The number of pyridine rings is 1. The zero-order valence-electron chi connectivity index (χ0n) is 28.4. The number of carboxylic acid groups (broad SMARTS) is 1. The molecule has 0 radical (unpaired) electrons. The normalized spacial score (nSPS) is 18.0. The second-order valence-electron chi connectivity index (χ2n) is 13.4. The van der Waals surface area contributed by atoms with Gasteiger partial charge >= 0.3 is 11.8 Å². The van der Waals surface area contributed by atoms with Crippen molar-refractivity contribution >= 4 is 65.1 Å². The van der Waals surface area contributed by atoms with Gasteiger partial charge in [0.15, 0.2) is 5.71 Å². The minimum absolute atomic E-state index is 0.0382. The zero-order chi connectivity index (χ0) is 38.2. The van der Waals surface area contributed by atoms with Gasteiger partial charge in [0.05, 0.1) is 38.9 Å². The van der Waals surface area contributed by atoms with Crippen LogP contribution in [0.4, 0.5) is 11.5 Å². The lowest BCUT2D eigenvalue weighted by atomic mass is 9.82. The Morgan fingerprint density at radius 2 is 1.57 bits per heavy atom. The van der Waals surface area contributed by atoms with E-state index in [9.17, 15) is 44.3 Å². The van der Waals surface area contributed by atoms with Gasteiger partial charge in [-0.05, 0) is 79.2 Å². The molecule has 3 heterocycles. The Balaban J connectivity index is 1.75. The highest BCUT2D eigenvalue weighted by Gasteiger charge is 2.43. The average molecular weight is 787 g/mol. The average Bonchev–Trinajstić information content (AvgIpc) is 3.36. The molecule has 4 rings (SSSR count). The first kappa shape index (κ1) is 40.3. The Morgan fingerprint density at radius 1 is 0.922 bits per heavy atom. The van der Waals surface area contributed by atoms with Gasteiger partial charge in [-0.25, -0.2) is 4.57 Å². The van der Waals surface area contributed by atoms with Gasteiger partial charge < -0.3 is 10.0 Å². The molecule has 51 heavy (non-hydrogen) atoms. The fourth-order valence-electron chi connectivity index (χ4n) is 6.22. The summed E-state index contributed by atoms with van der Waals surface area (Å²) < 4.78 is 99.4. The third kappa shape index (κ3) is 9.91. The van der Waals surface area contributed by atoms with Crippen molar-refractivity contribution in [3.8, 4) is 0 Å². The number of carbonyl (C=O) groups is 1. The molecule has 1 aromatic carbocycles. The Kier molecular flexibility index (Phi) is 11.8. The molecular weight excluding hydrogens is 746 g/mol. The number of nitrogens with zero attached hydrogens (tertiary/aromatic N) is 3. The molecule has 0 amide bonds. The summed E-state index contributed by atoms with van der Waals surface area (Å²) in [5, 5.41) is 9.90. The number of aliphatic carboxylic acids is 1. The maximum absolute atomic E-state index is 12.0. The first-order valence-electron chi connectivity index (χ1n) is 15.8. The van der Waals surface area contributed by atoms with Crippen LogP contribution in [0, 0.1) is 0 Å². The van der Waals surface area contributed by atoms with Gasteiger partial charge in [0, 0.05) is 36.2 Å². The van der Waals surface area contributed by atoms with Crippen LogP contribution in [0.15, 0.2) is 75.9 Å². The Morgan fingerprint density at radius 3 is 2.18 bits per heavy atom. The summed E-state index contributed by atoms with van der Waals surface area (Å²) in [7, 11) is -12.9. The lowest BCUT2D eigenvalue weighted by molar-refractivity contribution is -0.684. The van der Waals surface area contributed by atoms with Gasteiger partial charge in [-0.2, -0.15) is 25.3 Å². The molecule has 4 N–H and O–H groups in total. The third-order valence-electron chi connectivity index (χ3n) is 8.90. The maximum Gasteiger partial charge on any atom is 0.327 e. The largest absolute Gasteiger partial charge is 0.481 e. The number of halogens is 1. The zero-order valence-corrected chi connectivity index (χ0v) is 31.6. The second kappa shape index (κ2) is 14.9. The van der Waals surface area contributed by atoms with E-state index in [1.54, 1.807) is 46.0 Å². The molecule has 1 aromatic heterocycles. The number of anilines is 1. The third-order valence-corrected chi connectivity index (χ3v) is 11.6. The second-order valence-corrected chi connectivity index (χ2v) is 18.4.